The largest absolute Gasteiger partial charge is 0.433 e. The zero-order valence-electron chi connectivity index (χ0n) is 18.3. The standard InChI is InChI=1S/C25H25ClF3N3O/c1-16-8-11-19(14-20(16)26)21(12-9-17-10-13-22(31-15-17)25(27,28)29)32-23(24(33)30-2)18-6-4-3-5-7-18/h3-8,10-11,13-15,21,23,32H,9,12H2,1-2H3,(H,30,33)/t21-,23+/m0/s1. The predicted octanol–water partition coefficient (Wildman–Crippen LogP) is 5.81. The van der Waals surface area contributed by atoms with Gasteiger partial charge in [0.2, 0.25) is 5.91 Å². The van der Waals surface area contributed by atoms with Crippen molar-refractivity contribution in [3.05, 3.63) is 99.8 Å². The van der Waals surface area contributed by atoms with Gasteiger partial charge >= 0.3 is 6.18 Å². The van der Waals surface area contributed by atoms with Gasteiger partial charge in [0.25, 0.3) is 0 Å². The molecule has 4 nitrogen and oxygen atoms in total. The van der Waals surface area contributed by atoms with Gasteiger partial charge in [-0.2, -0.15) is 13.2 Å². The molecule has 0 bridgehead atoms. The molecule has 0 saturated carbocycles. The Morgan fingerprint density at radius 3 is 2.36 bits per heavy atom. The highest BCUT2D eigenvalue weighted by molar-refractivity contribution is 6.31. The average molecular weight is 476 g/mol. The van der Waals surface area contributed by atoms with Crippen molar-refractivity contribution >= 4 is 17.5 Å². The summed E-state index contributed by atoms with van der Waals surface area (Å²) < 4.78 is 38.4. The summed E-state index contributed by atoms with van der Waals surface area (Å²) in [5, 5.41) is 6.71. The number of amides is 1. The number of hydrogen-bond donors (Lipinski definition) is 2. The van der Waals surface area contributed by atoms with E-state index in [1.165, 1.54) is 12.3 Å². The minimum Gasteiger partial charge on any atom is -0.358 e. The molecule has 2 N–H and O–H groups in total. The van der Waals surface area contributed by atoms with E-state index in [4.69, 9.17) is 11.6 Å². The molecule has 0 aliphatic rings. The highest BCUT2D eigenvalue weighted by Crippen LogP contribution is 2.29. The molecule has 0 aliphatic carbocycles. The molecule has 0 fully saturated rings. The van der Waals surface area contributed by atoms with Crippen molar-refractivity contribution in [2.24, 2.45) is 0 Å². The molecule has 0 spiro atoms. The van der Waals surface area contributed by atoms with Crippen LogP contribution >= 0.6 is 11.6 Å². The van der Waals surface area contributed by atoms with Crippen molar-refractivity contribution in [3.8, 4) is 0 Å². The number of hydrogen-bond acceptors (Lipinski definition) is 3. The van der Waals surface area contributed by atoms with Crippen LogP contribution in [-0.4, -0.2) is 17.9 Å². The third kappa shape index (κ3) is 6.55. The van der Waals surface area contributed by atoms with Gasteiger partial charge in [-0.05, 0) is 54.2 Å². The van der Waals surface area contributed by atoms with Gasteiger partial charge in [-0.25, -0.2) is 0 Å². The number of carbonyl (C=O) groups excluding carboxylic acids is 1. The molecule has 3 aromatic rings. The van der Waals surface area contributed by atoms with Crippen LogP contribution in [0, 0.1) is 6.92 Å². The lowest BCUT2D eigenvalue weighted by atomic mass is 9.96. The fourth-order valence-corrected chi connectivity index (χ4v) is 3.73. The second-order valence-electron chi connectivity index (χ2n) is 7.77. The lowest BCUT2D eigenvalue weighted by Crippen LogP contribution is -2.38. The van der Waals surface area contributed by atoms with Gasteiger partial charge in [0.05, 0.1) is 0 Å². The van der Waals surface area contributed by atoms with E-state index < -0.39 is 17.9 Å². The molecule has 2 aromatic carbocycles. The van der Waals surface area contributed by atoms with E-state index in [1.54, 1.807) is 7.05 Å². The SMILES string of the molecule is CNC(=O)[C@H](N[C@@H](CCc1ccc(C(F)(F)F)nc1)c1ccc(C)c(Cl)c1)c1ccccc1. The van der Waals surface area contributed by atoms with Crippen LogP contribution in [0.5, 0.6) is 0 Å². The normalized spacial score (nSPS) is 13.4. The Morgan fingerprint density at radius 2 is 1.79 bits per heavy atom. The highest BCUT2D eigenvalue weighted by Gasteiger charge is 2.32. The summed E-state index contributed by atoms with van der Waals surface area (Å²) in [5.74, 6) is -0.194. The van der Waals surface area contributed by atoms with Crippen LogP contribution in [0.15, 0.2) is 66.9 Å². The quantitative estimate of drug-likeness (QED) is 0.432. The monoisotopic (exact) mass is 475 g/mol. The van der Waals surface area contributed by atoms with Crippen molar-refractivity contribution < 1.29 is 18.0 Å². The molecule has 0 radical (unpaired) electrons. The van der Waals surface area contributed by atoms with Crippen LogP contribution in [0.25, 0.3) is 0 Å². The summed E-state index contributed by atoms with van der Waals surface area (Å²) in [5.41, 5.74) is 2.36. The minimum absolute atomic E-state index is 0.194. The summed E-state index contributed by atoms with van der Waals surface area (Å²) in [6.07, 6.45) is -2.25. The van der Waals surface area contributed by atoms with E-state index in [-0.39, 0.29) is 11.9 Å². The number of rotatable bonds is 8. The molecule has 2 atom stereocenters. The second kappa shape index (κ2) is 10.8. The number of nitrogens with zero attached hydrogens (tertiary/aromatic N) is 1. The summed E-state index contributed by atoms with van der Waals surface area (Å²) in [6.45, 7) is 1.90. The first-order chi connectivity index (χ1) is 15.7. The number of likely N-dealkylation sites (N-methyl/N-ethyl adjacent to an activating group) is 1. The van der Waals surface area contributed by atoms with Gasteiger partial charge in [0, 0.05) is 24.3 Å². The molecule has 0 saturated heterocycles. The topological polar surface area (TPSA) is 54.0 Å². The Labute approximate surface area is 196 Å². The van der Waals surface area contributed by atoms with Gasteiger partial charge in [-0.1, -0.05) is 60.1 Å². The van der Waals surface area contributed by atoms with Crippen molar-refractivity contribution in [3.63, 3.8) is 0 Å². The van der Waals surface area contributed by atoms with Crippen LogP contribution < -0.4 is 10.6 Å². The molecular formula is C25H25ClF3N3O. The van der Waals surface area contributed by atoms with Gasteiger partial charge in [0.15, 0.2) is 0 Å². The van der Waals surface area contributed by atoms with Gasteiger partial charge < -0.3 is 5.32 Å². The zero-order chi connectivity index (χ0) is 24.0. The predicted molar refractivity (Wildman–Crippen MR) is 123 cm³/mol. The van der Waals surface area contributed by atoms with E-state index in [1.807, 2.05) is 55.5 Å². The van der Waals surface area contributed by atoms with E-state index in [0.717, 1.165) is 22.8 Å². The summed E-state index contributed by atoms with van der Waals surface area (Å²) in [4.78, 5) is 16.2. The second-order valence-corrected chi connectivity index (χ2v) is 8.18. The summed E-state index contributed by atoms with van der Waals surface area (Å²) in [6, 6.07) is 16.5. The summed E-state index contributed by atoms with van der Waals surface area (Å²) >= 11 is 6.35. The third-order valence-corrected chi connectivity index (χ3v) is 5.85. The number of alkyl halides is 3. The Bertz CT molecular complexity index is 1070. The van der Waals surface area contributed by atoms with E-state index in [9.17, 15) is 18.0 Å². The summed E-state index contributed by atoms with van der Waals surface area (Å²) in [7, 11) is 1.57. The van der Waals surface area contributed by atoms with Crippen LogP contribution in [0.4, 0.5) is 13.2 Å². The number of aromatic nitrogens is 1. The molecule has 174 valence electrons. The van der Waals surface area contributed by atoms with Crippen molar-refractivity contribution in [2.75, 3.05) is 7.05 Å². The van der Waals surface area contributed by atoms with Crippen molar-refractivity contribution in [2.45, 2.75) is 38.0 Å². The molecule has 33 heavy (non-hydrogen) atoms. The van der Waals surface area contributed by atoms with Gasteiger partial charge in [0.1, 0.15) is 11.7 Å². The Kier molecular flexibility index (Phi) is 8.10. The number of benzene rings is 2. The number of nitrogens with one attached hydrogen (secondary N) is 2. The van der Waals surface area contributed by atoms with Crippen LogP contribution in [0.2, 0.25) is 5.02 Å². The first-order valence-corrected chi connectivity index (χ1v) is 10.9. The van der Waals surface area contributed by atoms with Crippen molar-refractivity contribution in [1.29, 1.82) is 0 Å². The molecule has 0 unspecified atom stereocenters. The van der Waals surface area contributed by atoms with Gasteiger partial charge in [-0.15, -0.1) is 0 Å². The molecule has 3 rings (SSSR count). The highest BCUT2D eigenvalue weighted by atomic mass is 35.5. The first kappa shape index (κ1) is 24.7. The molecule has 1 heterocycles. The fourth-order valence-electron chi connectivity index (χ4n) is 3.54. The van der Waals surface area contributed by atoms with Crippen LogP contribution in [0.3, 0.4) is 0 Å². The van der Waals surface area contributed by atoms with Crippen LogP contribution in [-0.2, 0) is 17.4 Å². The maximum atomic E-state index is 12.8. The maximum absolute atomic E-state index is 12.8. The number of pyridine rings is 1. The van der Waals surface area contributed by atoms with Gasteiger partial charge in [-0.3, -0.25) is 15.1 Å². The number of carbonyl (C=O) groups is 1. The number of aryl methyl sites for hydroxylation is 2. The number of halogens is 4. The first-order valence-electron chi connectivity index (χ1n) is 10.5. The van der Waals surface area contributed by atoms with E-state index in [0.29, 0.717) is 23.4 Å². The lowest BCUT2D eigenvalue weighted by Gasteiger charge is -2.26. The Balaban J connectivity index is 1.87. The lowest BCUT2D eigenvalue weighted by molar-refractivity contribution is -0.141. The smallest absolute Gasteiger partial charge is 0.358 e. The molecular weight excluding hydrogens is 451 g/mol. The Hall–Kier alpha value is -2.90. The Morgan fingerprint density at radius 1 is 1.06 bits per heavy atom. The molecule has 8 heteroatoms. The van der Waals surface area contributed by atoms with Crippen LogP contribution in [0.1, 0.15) is 46.5 Å². The minimum atomic E-state index is -4.47. The molecule has 0 aliphatic heterocycles. The van der Waals surface area contributed by atoms with E-state index >= 15 is 0 Å². The molecule has 1 aromatic heterocycles. The van der Waals surface area contributed by atoms with E-state index in [2.05, 4.69) is 15.6 Å². The third-order valence-electron chi connectivity index (χ3n) is 5.44. The van der Waals surface area contributed by atoms with Crippen molar-refractivity contribution in [1.82, 2.24) is 15.6 Å². The zero-order valence-corrected chi connectivity index (χ0v) is 19.0. The fraction of sp³-hybridized carbons (Fsp3) is 0.280. The maximum Gasteiger partial charge on any atom is 0.433 e. The molecule has 1 amide bonds. The average Bonchev–Trinajstić information content (AvgIpc) is 2.81.